The summed E-state index contributed by atoms with van der Waals surface area (Å²) in [5.41, 5.74) is 1.49. The Morgan fingerprint density at radius 1 is 1.22 bits per heavy atom. The summed E-state index contributed by atoms with van der Waals surface area (Å²) in [6, 6.07) is 11.6. The summed E-state index contributed by atoms with van der Waals surface area (Å²) in [4.78, 5) is 28.6. The summed E-state index contributed by atoms with van der Waals surface area (Å²) in [5, 5.41) is 0. The van der Waals surface area contributed by atoms with E-state index in [2.05, 4.69) is 11.9 Å². The van der Waals surface area contributed by atoms with Gasteiger partial charge in [0.25, 0.3) is 0 Å². The number of hydrogen-bond donors (Lipinski definition) is 0. The highest BCUT2D eigenvalue weighted by atomic mass is 16.5. The van der Waals surface area contributed by atoms with Gasteiger partial charge in [0.05, 0.1) is 13.2 Å². The van der Waals surface area contributed by atoms with Crippen molar-refractivity contribution in [1.29, 1.82) is 0 Å². The molecule has 0 radical (unpaired) electrons. The zero-order chi connectivity index (χ0) is 19.4. The van der Waals surface area contributed by atoms with Crippen molar-refractivity contribution in [2.24, 2.45) is 0 Å². The maximum absolute atomic E-state index is 12.8. The van der Waals surface area contributed by atoms with E-state index in [1.54, 1.807) is 19.1 Å². The Hall–Kier alpha value is -2.86. The van der Waals surface area contributed by atoms with Gasteiger partial charge in [-0.3, -0.25) is 4.79 Å². The molecule has 6 heteroatoms. The fourth-order valence-electron chi connectivity index (χ4n) is 3.29. The molecule has 0 bridgehead atoms. The van der Waals surface area contributed by atoms with Crippen LogP contribution < -0.4 is 0 Å². The lowest BCUT2D eigenvalue weighted by Crippen LogP contribution is -2.48. The third-order valence-electron chi connectivity index (χ3n) is 4.78. The van der Waals surface area contributed by atoms with Crippen molar-refractivity contribution < 1.29 is 18.7 Å². The van der Waals surface area contributed by atoms with Crippen molar-refractivity contribution in [3.8, 4) is 0 Å². The molecule has 0 saturated carbocycles. The van der Waals surface area contributed by atoms with E-state index in [4.69, 9.17) is 9.15 Å². The molecule has 3 rings (SSSR count). The fourth-order valence-corrected chi connectivity index (χ4v) is 3.29. The third-order valence-corrected chi connectivity index (χ3v) is 4.78. The number of likely N-dealkylation sites (N-methyl/N-ethyl adjacent to an activating group) is 1. The van der Waals surface area contributed by atoms with E-state index in [1.165, 1.54) is 13.2 Å². The Bertz CT molecular complexity index is 841. The first kappa shape index (κ1) is 18.9. The predicted molar refractivity (Wildman–Crippen MR) is 102 cm³/mol. The summed E-state index contributed by atoms with van der Waals surface area (Å²) >= 11 is 0. The first-order valence-electron chi connectivity index (χ1n) is 8.90. The number of nitrogens with zero attached hydrogens (tertiary/aromatic N) is 2. The van der Waals surface area contributed by atoms with Crippen molar-refractivity contribution in [2.75, 3.05) is 33.8 Å². The average molecular weight is 368 g/mol. The summed E-state index contributed by atoms with van der Waals surface area (Å²) < 4.78 is 10.3. The van der Waals surface area contributed by atoms with E-state index < -0.39 is 5.97 Å². The standard InChI is InChI=1S/C21H24N2O4/c1-15-18(21(25)26-3)13-17(27-15)9-10-20(24)23-12-11-22(2)14-19(23)16-7-5-4-6-8-16/h4-10,13,19H,11-12,14H2,1-3H3. The number of esters is 1. The van der Waals surface area contributed by atoms with Gasteiger partial charge < -0.3 is 19.0 Å². The van der Waals surface area contributed by atoms with Gasteiger partial charge in [0.15, 0.2) is 0 Å². The fraction of sp³-hybridized carbons (Fsp3) is 0.333. The zero-order valence-electron chi connectivity index (χ0n) is 15.8. The molecule has 1 aliphatic heterocycles. The highest BCUT2D eigenvalue weighted by Gasteiger charge is 2.29. The molecule has 1 aromatic heterocycles. The number of benzene rings is 1. The number of ether oxygens (including phenoxy) is 1. The van der Waals surface area contributed by atoms with Crippen LogP contribution in [0, 0.1) is 6.92 Å². The molecule has 1 saturated heterocycles. The van der Waals surface area contributed by atoms with Crippen LogP contribution in [0.1, 0.15) is 33.5 Å². The number of piperazine rings is 1. The molecular formula is C21H24N2O4. The SMILES string of the molecule is COC(=O)c1cc(C=CC(=O)N2CCN(C)CC2c2ccccc2)oc1C. The van der Waals surface area contributed by atoms with Crippen molar-refractivity contribution in [3.63, 3.8) is 0 Å². The zero-order valence-corrected chi connectivity index (χ0v) is 15.8. The predicted octanol–water partition coefficient (Wildman–Crippen LogP) is 2.90. The van der Waals surface area contributed by atoms with Crippen LogP contribution in [0.2, 0.25) is 0 Å². The molecule has 0 spiro atoms. The molecule has 1 atom stereocenters. The number of carbonyl (C=O) groups excluding carboxylic acids is 2. The maximum atomic E-state index is 12.8. The van der Waals surface area contributed by atoms with Crippen LogP contribution in [0.25, 0.3) is 6.08 Å². The lowest BCUT2D eigenvalue weighted by molar-refractivity contribution is -0.130. The van der Waals surface area contributed by atoms with Gasteiger partial charge in [-0.25, -0.2) is 4.79 Å². The van der Waals surface area contributed by atoms with Crippen molar-refractivity contribution in [2.45, 2.75) is 13.0 Å². The highest BCUT2D eigenvalue weighted by molar-refractivity contribution is 5.93. The van der Waals surface area contributed by atoms with Gasteiger partial charge in [0, 0.05) is 25.7 Å². The van der Waals surface area contributed by atoms with Gasteiger partial charge in [0.2, 0.25) is 5.91 Å². The second-order valence-corrected chi connectivity index (χ2v) is 6.66. The largest absolute Gasteiger partial charge is 0.465 e. The van der Waals surface area contributed by atoms with E-state index in [1.807, 2.05) is 35.2 Å². The molecule has 1 fully saturated rings. The lowest BCUT2D eigenvalue weighted by atomic mass is 10.0. The van der Waals surface area contributed by atoms with Crippen LogP contribution in [0.3, 0.4) is 0 Å². The van der Waals surface area contributed by atoms with Gasteiger partial charge in [-0.2, -0.15) is 0 Å². The van der Waals surface area contributed by atoms with Crippen molar-refractivity contribution in [3.05, 3.63) is 65.1 Å². The minimum absolute atomic E-state index is 0.00562. The number of amides is 1. The Morgan fingerprint density at radius 3 is 2.67 bits per heavy atom. The van der Waals surface area contributed by atoms with E-state index in [9.17, 15) is 9.59 Å². The molecule has 142 valence electrons. The maximum Gasteiger partial charge on any atom is 0.341 e. The number of furan rings is 1. The van der Waals surface area contributed by atoms with Gasteiger partial charge in [0.1, 0.15) is 17.1 Å². The Morgan fingerprint density at radius 2 is 1.96 bits per heavy atom. The molecule has 1 unspecified atom stereocenters. The molecule has 6 nitrogen and oxygen atoms in total. The molecule has 2 heterocycles. The Kier molecular flexibility index (Phi) is 5.76. The molecule has 1 amide bonds. The van der Waals surface area contributed by atoms with Crippen LogP contribution in [0.15, 0.2) is 46.9 Å². The minimum Gasteiger partial charge on any atom is -0.465 e. The van der Waals surface area contributed by atoms with E-state index in [0.717, 1.165) is 18.7 Å². The highest BCUT2D eigenvalue weighted by Crippen LogP contribution is 2.25. The Labute approximate surface area is 159 Å². The molecule has 1 aliphatic rings. The van der Waals surface area contributed by atoms with Gasteiger partial charge >= 0.3 is 5.97 Å². The average Bonchev–Trinajstić information content (AvgIpc) is 3.06. The molecular weight excluding hydrogens is 344 g/mol. The lowest BCUT2D eigenvalue weighted by Gasteiger charge is -2.39. The van der Waals surface area contributed by atoms with Crippen LogP contribution in [-0.2, 0) is 9.53 Å². The second kappa shape index (κ2) is 8.22. The third kappa shape index (κ3) is 4.28. The van der Waals surface area contributed by atoms with Gasteiger partial charge in [-0.1, -0.05) is 30.3 Å². The first-order valence-corrected chi connectivity index (χ1v) is 8.90. The van der Waals surface area contributed by atoms with E-state index in [-0.39, 0.29) is 11.9 Å². The first-order chi connectivity index (χ1) is 13.0. The van der Waals surface area contributed by atoms with Crippen molar-refractivity contribution >= 4 is 18.0 Å². The smallest absolute Gasteiger partial charge is 0.341 e. The molecule has 2 aromatic rings. The van der Waals surface area contributed by atoms with Crippen molar-refractivity contribution in [1.82, 2.24) is 9.80 Å². The van der Waals surface area contributed by atoms with Gasteiger partial charge in [-0.15, -0.1) is 0 Å². The normalized spacial score (nSPS) is 18.0. The number of aryl methyl sites for hydroxylation is 1. The van der Waals surface area contributed by atoms with Crippen LogP contribution in [0.5, 0.6) is 0 Å². The number of carbonyl (C=O) groups is 2. The van der Waals surface area contributed by atoms with E-state index in [0.29, 0.717) is 23.6 Å². The van der Waals surface area contributed by atoms with Crippen LogP contribution in [-0.4, -0.2) is 55.5 Å². The summed E-state index contributed by atoms with van der Waals surface area (Å²) in [7, 11) is 3.39. The number of hydrogen-bond acceptors (Lipinski definition) is 5. The van der Waals surface area contributed by atoms with E-state index >= 15 is 0 Å². The summed E-state index contributed by atoms with van der Waals surface area (Å²) in [6.07, 6.45) is 3.10. The molecule has 0 aliphatic carbocycles. The summed E-state index contributed by atoms with van der Waals surface area (Å²) in [6.45, 7) is 3.96. The molecule has 27 heavy (non-hydrogen) atoms. The summed E-state index contributed by atoms with van der Waals surface area (Å²) in [5.74, 6) is 0.387. The van der Waals surface area contributed by atoms with Crippen LogP contribution >= 0.6 is 0 Å². The number of methoxy groups -OCH3 is 1. The quantitative estimate of drug-likeness (QED) is 0.613. The second-order valence-electron chi connectivity index (χ2n) is 6.66. The monoisotopic (exact) mass is 368 g/mol. The van der Waals surface area contributed by atoms with Crippen LogP contribution in [0.4, 0.5) is 0 Å². The number of rotatable bonds is 4. The molecule has 1 aromatic carbocycles. The Balaban J connectivity index is 1.77. The molecule has 0 N–H and O–H groups in total. The van der Waals surface area contributed by atoms with Gasteiger partial charge in [-0.05, 0) is 31.7 Å². The topological polar surface area (TPSA) is 63.0 Å². The minimum atomic E-state index is -0.453.